The highest BCUT2D eigenvalue weighted by Gasteiger charge is 2.40. The fourth-order valence-corrected chi connectivity index (χ4v) is 12.7. The summed E-state index contributed by atoms with van der Waals surface area (Å²) in [5.41, 5.74) is 5.48. The zero-order valence-corrected chi connectivity index (χ0v) is 39.9. The molecule has 1 aliphatic rings. The molecule has 52 heavy (non-hydrogen) atoms. The molecule has 0 aromatic carbocycles. The second-order valence-corrected chi connectivity index (χ2v) is 32.0. The van der Waals surface area contributed by atoms with Crippen molar-refractivity contribution in [3.05, 3.63) is 0 Å². The molecule has 0 aromatic rings. The van der Waals surface area contributed by atoms with Crippen LogP contribution in [0.3, 0.4) is 0 Å². The lowest BCUT2D eigenvalue weighted by Crippen LogP contribution is -2.46. The summed E-state index contributed by atoms with van der Waals surface area (Å²) >= 11 is 0. The van der Waals surface area contributed by atoms with Crippen molar-refractivity contribution in [2.75, 3.05) is 92.3 Å². The third-order valence-corrected chi connectivity index (χ3v) is 17.5. The van der Waals surface area contributed by atoms with Gasteiger partial charge in [-0.2, -0.15) is 0 Å². The van der Waals surface area contributed by atoms with Gasteiger partial charge in [0.05, 0.1) is 25.9 Å². The Balaban J connectivity index is 0. The number of epoxide rings is 1. The van der Waals surface area contributed by atoms with Crippen LogP contribution in [-0.4, -0.2) is 143 Å². The van der Waals surface area contributed by atoms with Gasteiger partial charge in [0, 0.05) is 87.6 Å². The van der Waals surface area contributed by atoms with Gasteiger partial charge >= 0.3 is 17.6 Å². The molecule has 16 heteroatoms. The first kappa shape index (κ1) is 54.5. The Morgan fingerprint density at radius 1 is 0.635 bits per heavy atom. The second kappa shape index (κ2) is 33.5. The molecule has 0 amide bonds. The van der Waals surface area contributed by atoms with Gasteiger partial charge in [0.15, 0.2) is 0 Å². The zero-order valence-electron chi connectivity index (χ0n) is 35.9. The number of ether oxygens (including phenoxy) is 3. The van der Waals surface area contributed by atoms with Crippen molar-refractivity contribution < 1.29 is 45.9 Å². The molecule has 1 heterocycles. The van der Waals surface area contributed by atoms with E-state index in [9.17, 15) is 5.11 Å². The van der Waals surface area contributed by atoms with Crippen LogP contribution in [0.2, 0.25) is 63.5 Å². The largest absolute Gasteiger partial charge is 0.500 e. The number of rotatable bonds is 33. The molecule has 1 aliphatic heterocycles. The van der Waals surface area contributed by atoms with E-state index in [1.54, 1.807) is 0 Å². The molecule has 0 bridgehead atoms. The number of nitrogens with two attached hydrogens (primary N) is 1. The number of aliphatic hydroxyl groups excluding tert-OH is 1. The molecule has 4 N–H and O–H groups in total. The van der Waals surface area contributed by atoms with Gasteiger partial charge in [-0.25, -0.2) is 0 Å². The number of hydrogen-bond donors (Lipinski definition) is 3. The molecule has 0 radical (unpaired) electrons. The van der Waals surface area contributed by atoms with Crippen LogP contribution in [-0.2, 0) is 40.8 Å². The molecule has 12 nitrogen and oxygen atoms in total. The molecular weight excluding hydrogens is 733 g/mol. The minimum absolute atomic E-state index is 0.397. The lowest BCUT2D eigenvalue weighted by Gasteiger charge is -2.28. The minimum atomic E-state index is -2.54. The van der Waals surface area contributed by atoms with Crippen molar-refractivity contribution in [3.63, 3.8) is 0 Å². The average Bonchev–Trinajstić information content (AvgIpc) is 3.88. The van der Waals surface area contributed by atoms with Crippen LogP contribution in [0.4, 0.5) is 0 Å². The number of nitrogens with one attached hydrogen (secondary N) is 1. The molecule has 1 fully saturated rings. The van der Waals surface area contributed by atoms with Gasteiger partial charge in [-0.1, -0.05) is 51.4 Å². The van der Waals surface area contributed by atoms with Crippen LogP contribution < -0.4 is 11.1 Å². The normalized spacial score (nSPS) is 15.5. The van der Waals surface area contributed by atoms with Gasteiger partial charge < -0.3 is 56.9 Å². The van der Waals surface area contributed by atoms with Crippen molar-refractivity contribution in [1.82, 2.24) is 5.32 Å². The topological polar surface area (TPSA) is 145 Å². The van der Waals surface area contributed by atoms with Crippen molar-refractivity contribution in [3.8, 4) is 0 Å². The summed E-state index contributed by atoms with van der Waals surface area (Å²) in [4.78, 5) is 0. The highest BCUT2D eigenvalue weighted by atomic mass is 28.4. The number of hydrogen-bond acceptors (Lipinski definition) is 12. The molecule has 0 aromatic heterocycles. The van der Waals surface area contributed by atoms with E-state index in [-0.39, 0.29) is 0 Å². The van der Waals surface area contributed by atoms with E-state index < -0.39 is 39.9 Å². The summed E-state index contributed by atoms with van der Waals surface area (Å²) < 4.78 is 50.5. The van der Waals surface area contributed by atoms with E-state index in [2.05, 4.69) is 44.6 Å². The Kier molecular flexibility index (Phi) is 35.1. The van der Waals surface area contributed by atoms with E-state index >= 15 is 0 Å². The van der Waals surface area contributed by atoms with E-state index in [1.807, 2.05) is 41.5 Å². The first-order valence-corrected chi connectivity index (χ1v) is 31.6. The highest BCUT2D eigenvalue weighted by molar-refractivity contribution is 6.76. The zero-order chi connectivity index (χ0) is 39.8. The molecule has 0 spiro atoms. The fraction of sp³-hybridized carbons (Fsp3) is 1.00. The van der Waals surface area contributed by atoms with E-state index in [1.165, 1.54) is 18.5 Å². The summed E-state index contributed by atoms with van der Waals surface area (Å²) in [6.07, 6.45) is 4.07. The highest BCUT2D eigenvalue weighted by Crippen LogP contribution is 2.19. The first-order chi connectivity index (χ1) is 24.6. The van der Waals surface area contributed by atoms with E-state index in [4.69, 9.17) is 46.5 Å². The van der Waals surface area contributed by atoms with Gasteiger partial charge in [-0.3, -0.25) is 0 Å². The van der Waals surface area contributed by atoms with Crippen LogP contribution in [0.25, 0.3) is 0 Å². The monoisotopic (exact) mass is 819 g/mol. The van der Waals surface area contributed by atoms with E-state index in [0.717, 1.165) is 64.3 Å². The first-order valence-electron chi connectivity index (χ1n) is 20.3. The maximum Gasteiger partial charge on any atom is 0.500 e. The van der Waals surface area contributed by atoms with Gasteiger partial charge in [0.1, 0.15) is 6.10 Å². The summed E-state index contributed by atoms with van der Waals surface area (Å²) in [5, 5.41) is 13.3. The molecule has 1 rings (SSSR count). The number of aliphatic hydroxyl groups is 1. The molecule has 0 saturated carbocycles. The van der Waals surface area contributed by atoms with Crippen molar-refractivity contribution in [2.24, 2.45) is 5.73 Å². The van der Waals surface area contributed by atoms with Crippen molar-refractivity contribution in [2.45, 2.75) is 143 Å². The van der Waals surface area contributed by atoms with Crippen molar-refractivity contribution in [1.29, 1.82) is 0 Å². The molecule has 2 unspecified atom stereocenters. The Labute approximate surface area is 324 Å². The van der Waals surface area contributed by atoms with Crippen LogP contribution in [0, 0.1) is 0 Å². The predicted molar refractivity (Wildman–Crippen MR) is 225 cm³/mol. The molecule has 0 aliphatic carbocycles. The lowest BCUT2D eigenvalue weighted by atomic mass is 10.3. The average molecular weight is 819 g/mol. The van der Waals surface area contributed by atoms with Crippen molar-refractivity contribution >= 4 is 33.8 Å². The fourth-order valence-electron chi connectivity index (χ4n) is 5.09. The van der Waals surface area contributed by atoms with Crippen LogP contribution in [0.1, 0.15) is 67.2 Å². The summed E-state index contributed by atoms with van der Waals surface area (Å²) in [6, 6.07) is 4.25. The predicted octanol–water partition coefficient (Wildman–Crippen LogP) is 6.63. The third-order valence-electron chi connectivity index (χ3n) is 7.54. The third kappa shape index (κ3) is 34.8. The quantitative estimate of drug-likeness (QED) is 0.0371. The maximum absolute atomic E-state index is 9.98. The van der Waals surface area contributed by atoms with Gasteiger partial charge in [-0.15, -0.1) is 0 Å². The smallest absolute Gasteiger partial charge is 0.389 e. The maximum atomic E-state index is 9.98. The second-order valence-electron chi connectivity index (χ2n) is 15.3. The van der Waals surface area contributed by atoms with Gasteiger partial charge in [0.25, 0.3) is 0 Å². The van der Waals surface area contributed by atoms with Crippen LogP contribution in [0.5, 0.6) is 0 Å². The molecule has 2 atom stereocenters. The standard InChI is InChI=1S/C18H43NO5Si2.C9H23NO3Si.C9H20O2Si/c1-7-22-26(23-8-2,24-9-3)15-10-12-19-16-18(20)17-21-13-11-14-25(4,5)6;1-4-11-14(12-5-2,13-6-3)9-7-8-10;1-12(2,3)6-4-5-10-7-9-8-11-9/h18-20H,7-17H2,1-6H3;4-10H2,1-3H3;9H,4-8H2,1-3H3. The Bertz CT molecular complexity index is 744. The minimum Gasteiger partial charge on any atom is -0.389 e. The van der Waals surface area contributed by atoms with E-state index in [0.29, 0.717) is 65.4 Å². The molecule has 316 valence electrons. The van der Waals surface area contributed by atoms with Gasteiger partial charge in [0.2, 0.25) is 0 Å². The molecular formula is C36H86N2O10Si4. The summed E-state index contributed by atoms with van der Waals surface area (Å²) in [7, 11) is -6.75. The lowest BCUT2D eigenvalue weighted by molar-refractivity contribution is 0.0372. The summed E-state index contributed by atoms with van der Waals surface area (Å²) in [6.45, 7) is 35.6. The van der Waals surface area contributed by atoms with Gasteiger partial charge in [-0.05, 0) is 80.3 Å². The van der Waals surface area contributed by atoms with Crippen LogP contribution >= 0.6 is 0 Å². The SMILES string of the molecule is CCO[Si](CCCN)(OCC)OCC.CCO[Si](CCCNCC(O)COCCC[Si](C)(C)C)(OCC)OCC.C[Si](C)(C)CCCOCC1CO1. The Morgan fingerprint density at radius 3 is 1.40 bits per heavy atom. The summed E-state index contributed by atoms with van der Waals surface area (Å²) in [5.74, 6) is 0. The Morgan fingerprint density at radius 2 is 1.04 bits per heavy atom. The Hall–Kier alpha value is 0.388. The van der Waals surface area contributed by atoms with Crippen LogP contribution in [0.15, 0.2) is 0 Å². The molecule has 1 saturated heterocycles.